The second kappa shape index (κ2) is 7.87. The van der Waals surface area contributed by atoms with Crippen LogP contribution in [0.15, 0.2) is 23.8 Å². The van der Waals surface area contributed by atoms with Crippen molar-refractivity contribution in [2.45, 2.75) is 51.0 Å². The van der Waals surface area contributed by atoms with Gasteiger partial charge in [-0.2, -0.15) is 0 Å². The largest absolute Gasteiger partial charge is 0.463 e. The Morgan fingerprint density at radius 3 is 2.31 bits per heavy atom. The summed E-state index contributed by atoms with van der Waals surface area (Å²) in [7, 11) is 2.81. The van der Waals surface area contributed by atoms with Crippen LogP contribution >= 0.6 is 0 Å². The number of hydrogen-bond acceptors (Lipinski definition) is 7. The molecular formula is C18H27NO7. The second-order valence-corrected chi connectivity index (χ2v) is 6.54. The number of ether oxygens (including phenoxy) is 5. The molecule has 8 heteroatoms. The van der Waals surface area contributed by atoms with E-state index in [-0.39, 0.29) is 13.2 Å². The van der Waals surface area contributed by atoms with Crippen LogP contribution in [0, 0.1) is 0 Å². The molecule has 0 unspecified atom stereocenters. The van der Waals surface area contributed by atoms with Crippen molar-refractivity contribution >= 4 is 11.9 Å². The van der Waals surface area contributed by atoms with E-state index in [0.717, 1.165) is 11.1 Å². The maximum Gasteiger partial charge on any atom is 0.338 e. The van der Waals surface area contributed by atoms with Gasteiger partial charge in [-0.05, 0) is 26.3 Å². The van der Waals surface area contributed by atoms with Crippen molar-refractivity contribution in [2.75, 3.05) is 27.4 Å². The Labute approximate surface area is 153 Å². The number of hydrogen-bond donors (Lipinski definition) is 1. The van der Waals surface area contributed by atoms with Crippen molar-refractivity contribution in [1.29, 1.82) is 0 Å². The van der Waals surface area contributed by atoms with E-state index in [1.807, 2.05) is 13.0 Å². The maximum absolute atomic E-state index is 12.7. The highest BCUT2D eigenvalue weighted by Gasteiger charge is 2.60. The smallest absolute Gasteiger partial charge is 0.338 e. The van der Waals surface area contributed by atoms with Crippen LogP contribution in [-0.4, -0.2) is 63.0 Å². The Morgan fingerprint density at radius 1 is 1.15 bits per heavy atom. The van der Waals surface area contributed by atoms with Gasteiger partial charge in [0.25, 0.3) is 5.91 Å². The molecule has 2 aliphatic rings. The predicted octanol–water partition coefficient (Wildman–Crippen LogP) is 1.06. The van der Waals surface area contributed by atoms with Crippen LogP contribution in [0.2, 0.25) is 0 Å². The molecule has 0 aromatic heterocycles. The summed E-state index contributed by atoms with van der Waals surface area (Å²) in [5.41, 5.74) is 1.68. The summed E-state index contributed by atoms with van der Waals surface area (Å²) < 4.78 is 27.7. The van der Waals surface area contributed by atoms with E-state index >= 15 is 0 Å². The van der Waals surface area contributed by atoms with Crippen LogP contribution < -0.4 is 5.32 Å². The van der Waals surface area contributed by atoms with Crippen molar-refractivity contribution in [1.82, 2.24) is 5.32 Å². The minimum Gasteiger partial charge on any atom is -0.463 e. The molecule has 2 aliphatic heterocycles. The second-order valence-electron chi connectivity index (χ2n) is 6.54. The first kappa shape index (κ1) is 20.6. The number of nitrogens with one attached hydrogen (secondary N) is 1. The molecule has 0 saturated carbocycles. The number of methoxy groups -OCH3 is 2. The molecule has 0 bridgehead atoms. The molecule has 1 saturated heterocycles. The molecule has 1 amide bonds. The van der Waals surface area contributed by atoms with Gasteiger partial charge < -0.3 is 29.0 Å². The molecule has 0 aromatic rings. The topological polar surface area (TPSA) is 92.3 Å². The average molecular weight is 369 g/mol. The zero-order valence-electron chi connectivity index (χ0n) is 15.9. The van der Waals surface area contributed by atoms with Crippen molar-refractivity contribution in [2.24, 2.45) is 0 Å². The van der Waals surface area contributed by atoms with Gasteiger partial charge in [0.05, 0.1) is 6.61 Å². The molecule has 8 nitrogen and oxygen atoms in total. The Balaban J connectivity index is 2.35. The van der Waals surface area contributed by atoms with E-state index in [9.17, 15) is 9.59 Å². The number of fused-ring (bicyclic) bond motifs is 1. The van der Waals surface area contributed by atoms with E-state index in [0.29, 0.717) is 6.42 Å². The third-order valence-electron chi connectivity index (χ3n) is 4.92. The molecule has 1 fully saturated rings. The van der Waals surface area contributed by atoms with Gasteiger partial charge in [-0.25, -0.2) is 4.79 Å². The molecule has 146 valence electrons. The lowest BCUT2D eigenvalue weighted by atomic mass is 10.0. The van der Waals surface area contributed by atoms with Crippen molar-refractivity contribution in [3.05, 3.63) is 23.8 Å². The van der Waals surface area contributed by atoms with Crippen molar-refractivity contribution in [3.8, 4) is 0 Å². The van der Waals surface area contributed by atoms with Gasteiger partial charge in [-0.1, -0.05) is 18.2 Å². The third-order valence-corrected chi connectivity index (χ3v) is 4.92. The fourth-order valence-corrected chi connectivity index (χ4v) is 2.75. The lowest BCUT2D eigenvalue weighted by Gasteiger charge is -2.50. The van der Waals surface area contributed by atoms with Gasteiger partial charge >= 0.3 is 5.97 Å². The normalized spacial score (nSPS) is 38.8. The number of carbonyl (C=O) groups is 2. The molecule has 26 heavy (non-hydrogen) atoms. The van der Waals surface area contributed by atoms with Crippen LogP contribution in [-0.2, 0) is 33.3 Å². The van der Waals surface area contributed by atoms with Crippen LogP contribution in [0.5, 0.6) is 0 Å². The number of amides is 1. The van der Waals surface area contributed by atoms with Gasteiger partial charge in [0, 0.05) is 27.2 Å². The molecule has 4 atom stereocenters. The van der Waals surface area contributed by atoms with Gasteiger partial charge in [-0.3, -0.25) is 4.79 Å². The number of cyclic esters (lactones) is 1. The summed E-state index contributed by atoms with van der Waals surface area (Å²) in [6.45, 7) is 9.37. The Kier molecular flexibility index (Phi) is 6.23. The summed E-state index contributed by atoms with van der Waals surface area (Å²) >= 11 is 0. The fourth-order valence-electron chi connectivity index (χ4n) is 2.75. The van der Waals surface area contributed by atoms with Crippen LogP contribution in [0.1, 0.15) is 27.2 Å². The minimum absolute atomic E-state index is 0.156. The number of rotatable bonds is 2. The summed E-state index contributed by atoms with van der Waals surface area (Å²) in [5, 5.41) is 2.72. The predicted molar refractivity (Wildman–Crippen MR) is 92.1 cm³/mol. The molecular weight excluding hydrogens is 342 g/mol. The number of esters is 1. The monoisotopic (exact) mass is 369 g/mol. The zero-order chi connectivity index (χ0) is 19.5. The van der Waals surface area contributed by atoms with E-state index in [4.69, 9.17) is 23.7 Å². The summed E-state index contributed by atoms with van der Waals surface area (Å²) in [6, 6.07) is 0. The molecule has 0 aliphatic carbocycles. The van der Waals surface area contributed by atoms with Gasteiger partial charge in [0.1, 0.15) is 0 Å². The van der Waals surface area contributed by atoms with Crippen LogP contribution in [0.3, 0.4) is 0 Å². The SMILES string of the molecule is C=C1CNC(=O)[C@@H]2O[C@@](C)(OC)[C@](C)(OC)O[C@H]2C(=O)OCC/C=C/1C. The molecule has 0 aromatic carbocycles. The average Bonchev–Trinajstić information content (AvgIpc) is 2.63. The Bertz CT molecular complexity index is 617. The van der Waals surface area contributed by atoms with E-state index in [2.05, 4.69) is 11.9 Å². The quantitative estimate of drug-likeness (QED) is 0.728. The molecule has 2 rings (SSSR count). The highest BCUT2D eigenvalue weighted by atomic mass is 16.8. The fraction of sp³-hybridized carbons (Fsp3) is 0.667. The Hall–Kier alpha value is -1.74. The first-order valence-corrected chi connectivity index (χ1v) is 8.42. The molecule has 0 radical (unpaired) electrons. The molecule has 0 spiro atoms. The highest BCUT2D eigenvalue weighted by Crippen LogP contribution is 2.39. The highest BCUT2D eigenvalue weighted by molar-refractivity contribution is 5.89. The summed E-state index contributed by atoms with van der Waals surface area (Å²) in [6.07, 6.45) is -0.117. The molecule has 1 N–H and O–H groups in total. The van der Waals surface area contributed by atoms with Gasteiger partial charge in [-0.15, -0.1) is 0 Å². The van der Waals surface area contributed by atoms with Crippen LogP contribution in [0.4, 0.5) is 0 Å². The van der Waals surface area contributed by atoms with E-state index < -0.39 is 35.7 Å². The Morgan fingerprint density at radius 2 is 1.73 bits per heavy atom. The van der Waals surface area contributed by atoms with Gasteiger partial charge in [0.2, 0.25) is 11.6 Å². The van der Waals surface area contributed by atoms with E-state index in [1.165, 1.54) is 14.2 Å². The van der Waals surface area contributed by atoms with Gasteiger partial charge in [0.15, 0.2) is 12.2 Å². The first-order chi connectivity index (χ1) is 12.2. The lowest BCUT2D eigenvalue weighted by Crippen LogP contribution is -2.69. The molecule has 2 heterocycles. The summed E-state index contributed by atoms with van der Waals surface area (Å²) in [5.74, 6) is -4.05. The lowest BCUT2D eigenvalue weighted by molar-refractivity contribution is -0.438. The number of carbonyl (C=O) groups excluding carboxylic acids is 2. The van der Waals surface area contributed by atoms with Crippen LogP contribution in [0.25, 0.3) is 0 Å². The summed E-state index contributed by atoms with van der Waals surface area (Å²) in [4.78, 5) is 25.2. The van der Waals surface area contributed by atoms with Crippen molar-refractivity contribution < 1.29 is 33.3 Å². The standard InChI is InChI=1S/C18H27NO7/c1-11-8-7-9-24-16(21)14-13(15(20)19-10-12(11)2)25-17(3,22-5)18(4,23-6)26-14/h8,13-14H,2,7,9-10H2,1,3-6H3,(H,19,20)/b11-8+/t13-,14-,17-,18-/m1/s1. The van der Waals surface area contributed by atoms with Crippen molar-refractivity contribution in [3.63, 3.8) is 0 Å². The first-order valence-electron chi connectivity index (χ1n) is 8.42. The minimum atomic E-state index is -1.42. The van der Waals surface area contributed by atoms with E-state index in [1.54, 1.807) is 13.8 Å². The maximum atomic E-state index is 12.7. The third kappa shape index (κ3) is 3.83. The zero-order valence-corrected chi connectivity index (χ0v) is 15.9.